The molecule has 6 nitrogen and oxygen atoms in total. The number of fused-ring (bicyclic) bond motifs is 1. The molecule has 0 spiro atoms. The molecule has 0 bridgehead atoms. The molecule has 0 saturated carbocycles. The van der Waals surface area contributed by atoms with Gasteiger partial charge in [0.25, 0.3) is 5.91 Å². The van der Waals surface area contributed by atoms with Crippen molar-refractivity contribution in [1.29, 1.82) is 0 Å². The van der Waals surface area contributed by atoms with Crippen LogP contribution in [0.5, 0.6) is 11.5 Å². The van der Waals surface area contributed by atoms with Crippen LogP contribution in [0.1, 0.15) is 21.6 Å². The van der Waals surface area contributed by atoms with E-state index < -0.39 is 0 Å². The zero-order chi connectivity index (χ0) is 18.1. The molecule has 0 atom stereocenters. The molecule has 4 rings (SSSR count). The maximum atomic E-state index is 12.5. The molecular weight excluding hydrogens is 354 g/mol. The lowest BCUT2D eigenvalue weighted by Crippen LogP contribution is -2.13. The molecule has 2 heterocycles. The van der Waals surface area contributed by atoms with Crippen LogP contribution in [0.3, 0.4) is 0 Å². The Hall–Kier alpha value is -2.99. The molecule has 3 aromatic rings. The van der Waals surface area contributed by atoms with E-state index in [2.05, 4.69) is 10.4 Å². The van der Waals surface area contributed by atoms with Gasteiger partial charge in [0.05, 0.1) is 6.54 Å². The molecule has 26 heavy (non-hydrogen) atoms. The summed E-state index contributed by atoms with van der Waals surface area (Å²) in [5, 5.41) is 7.95. The Kier molecular flexibility index (Phi) is 4.26. The highest BCUT2D eigenvalue weighted by Gasteiger charge is 2.17. The number of aryl methyl sites for hydroxylation is 1. The number of ether oxygens (including phenoxy) is 2. The molecule has 1 aromatic heterocycles. The van der Waals surface area contributed by atoms with Crippen LogP contribution in [-0.4, -0.2) is 22.5 Å². The molecule has 0 radical (unpaired) electrons. The fourth-order valence-corrected chi connectivity index (χ4v) is 2.94. The van der Waals surface area contributed by atoms with E-state index in [9.17, 15) is 4.79 Å². The second kappa shape index (κ2) is 6.72. The van der Waals surface area contributed by atoms with Crippen molar-refractivity contribution in [3.05, 3.63) is 70.4 Å². The smallest absolute Gasteiger partial charge is 0.257 e. The molecule has 1 N–H and O–H groups in total. The van der Waals surface area contributed by atoms with Gasteiger partial charge >= 0.3 is 0 Å². The average Bonchev–Trinajstić information content (AvgIpc) is 3.23. The van der Waals surface area contributed by atoms with Gasteiger partial charge in [-0.1, -0.05) is 29.8 Å². The first-order valence-electron chi connectivity index (χ1n) is 8.09. The van der Waals surface area contributed by atoms with Crippen molar-refractivity contribution in [1.82, 2.24) is 9.78 Å². The number of hydrogen-bond acceptors (Lipinski definition) is 4. The molecule has 0 unspecified atom stereocenters. The van der Waals surface area contributed by atoms with Gasteiger partial charge in [-0.15, -0.1) is 0 Å². The number of anilines is 1. The van der Waals surface area contributed by atoms with Crippen molar-refractivity contribution in [3.63, 3.8) is 0 Å². The van der Waals surface area contributed by atoms with Crippen LogP contribution in [0, 0.1) is 6.92 Å². The quantitative estimate of drug-likeness (QED) is 0.758. The fourth-order valence-electron chi connectivity index (χ4n) is 2.75. The van der Waals surface area contributed by atoms with Crippen LogP contribution in [0.15, 0.2) is 48.5 Å². The minimum Gasteiger partial charge on any atom is -0.454 e. The van der Waals surface area contributed by atoms with Crippen LogP contribution >= 0.6 is 11.6 Å². The van der Waals surface area contributed by atoms with Gasteiger partial charge < -0.3 is 14.8 Å². The lowest BCUT2D eigenvalue weighted by Gasteiger charge is -2.06. The standard InChI is InChI=1S/C19H16ClN3O3/c1-12-8-18(22-23(12)10-14-4-2-3-5-15(14)20)21-19(24)13-6-7-16-17(9-13)26-11-25-16/h2-9H,10-11H2,1H3,(H,21,22,24). The van der Waals surface area contributed by atoms with Crippen molar-refractivity contribution in [2.45, 2.75) is 13.5 Å². The average molecular weight is 370 g/mol. The number of hydrogen-bond donors (Lipinski definition) is 1. The molecule has 2 aromatic carbocycles. The van der Waals surface area contributed by atoms with E-state index in [1.165, 1.54) is 0 Å². The molecule has 0 saturated heterocycles. The van der Waals surface area contributed by atoms with Gasteiger partial charge in [0.15, 0.2) is 17.3 Å². The predicted octanol–water partition coefficient (Wildman–Crippen LogP) is 3.87. The van der Waals surface area contributed by atoms with E-state index in [1.807, 2.05) is 37.3 Å². The SMILES string of the molecule is Cc1cc(NC(=O)c2ccc3c(c2)OCO3)nn1Cc1ccccc1Cl. The Balaban J connectivity index is 1.50. The first kappa shape index (κ1) is 16.5. The lowest BCUT2D eigenvalue weighted by atomic mass is 10.2. The van der Waals surface area contributed by atoms with Gasteiger partial charge in [-0.2, -0.15) is 5.10 Å². The summed E-state index contributed by atoms with van der Waals surface area (Å²) in [7, 11) is 0. The molecule has 0 aliphatic carbocycles. The van der Waals surface area contributed by atoms with Gasteiger partial charge in [-0.25, -0.2) is 0 Å². The van der Waals surface area contributed by atoms with Crippen molar-refractivity contribution in [2.75, 3.05) is 12.1 Å². The Morgan fingerprint density at radius 1 is 1.19 bits per heavy atom. The largest absolute Gasteiger partial charge is 0.454 e. The van der Waals surface area contributed by atoms with E-state index in [4.69, 9.17) is 21.1 Å². The van der Waals surface area contributed by atoms with Crippen LogP contribution in [0.25, 0.3) is 0 Å². The summed E-state index contributed by atoms with van der Waals surface area (Å²) >= 11 is 6.21. The highest BCUT2D eigenvalue weighted by Crippen LogP contribution is 2.32. The zero-order valence-corrected chi connectivity index (χ0v) is 14.8. The Bertz CT molecular complexity index is 984. The van der Waals surface area contributed by atoms with Gasteiger partial charge in [-0.05, 0) is 36.8 Å². The second-order valence-electron chi connectivity index (χ2n) is 5.94. The summed E-state index contributed by atoms with van der Waals surface area (Å²) in [5.41, 5.74) is 2.37. The molecule has 7 heteroatoms. The minimum absolute atomic E-state index is 0.173. The number of carbonyl (C=O) groups excluding carboxylic acids is 1. The van der Waals surface area contributed by atoms with Gasteiger partial charge in [0.2, 0.25) is 6.79 Å². The minimum atomic E-state index is -0.259. The van der Waals surface area contributed by atoms with Crippen LogP contribution in [-0.2, 0) is 6.54 Å². The number of nitrogens with zero attached hydrogens (tertiary/aromatic N) is 2. The summed E-state index contributed by atoms with van der Waals surface area (Å²) in [4.78, 5) is 12.5. The third-order valence-electron chi connectivity index (χ3n) is 4.14. The topological polar surface area (TPSA) is 65.4 Å². The Labute approximate surface area is 155 Å². The molecule has 1 aliphatic heterocycles. The van der Waals surface area contributed by atoms with Crippen molar-refractivity contribution in [2.24, 2.45) is 0 Å². The van der Waals surface area contributed by atoms with E-state index >= 15 is 0 Å². The number of halogens is 1. The van der Waals surface area contributed by atoms with E-state index in [0.717, 1.165) is 11.3 Å². The number of rotatable bonds is 4. The summed E-state index contributed by atoms with van der Waals surface area (Å²) in [6, 6.07) is 14.5. The van der Waals surface area contributed by atoms with Crippen LogP contribution in [0.4, 0.5) is 5.82 Å². The van der Waals surface area contributed by atoms with Crippen molar-refractivity contribution in [3.8, 4) is 11.5 Å². The van der Waals surface area contributed by atoms with Gasteiger partial charge in [0.1, 0.15) is 0 Å². The molecule has 0 fully saturated rings. The lowest BCUT2D eigenvalue weighted by molar-refractivity contribution is 0.102. The Morgan fingerprint density at radius 2 is 2.00 bits per heavy atom. The van der Waals surface area contributed by atoms with Crippen LogP contribution in [0.2, 0.25) is 5.02 Å². The first-order chi connectivity index (χ1) is 12.6. The third kappa shape index (κ3) is 3.23. The highest BCUT2D eigenvalue weighted by atomic mass is 35.5. The highest BCUT2D eigenvalue weighted by molar-refractivity contribution is 6.31. The molecule has 1 aliphatic rings. The second-order valence-corrected chi connectivity index (χ2v) is 6.35. The van der Waals surface area contributed by atoms with Crippen molar-refractivity contribution < 1.29 is 14.3 Å². The number of aromatic nitrogens is 2. The normalized spacial score (nSPS) is 12.2. The Morgan fingerprint density at radius 3 is 2.85 bits per heavy atom. The summed E-state index contributed by atoms with van der Waals surface area (Å²) in [6.45, 7) is 2.64. The first-order valence-corrected chi connectivity index (χ1v) is 8.47. The number of amides is 1. The van der Waals surface area contributed by atoms with Gasteiger partial charge in [-0.3, -0.25) is 9.48 Å². The predicted molar refractivity (Wildman–Crippen MR) is 98.0 cm³/mol. The van der Waals surface area contributed by atoms with Crippen LogP contribution < -0.4 is 14.8 Å². The van der Waals surface area contributed by atoms with Gasteiger partial charge in [0, 0.05) is 22.3 Å². The molecule has 1 amide bonds. The number of nitrogens with one attached hydrogen (secondary N) is 1. The van der Waals surface area contributed by atoms with Crippen molar-refractivity contribution >= 4 is 23.3 Å². The third-order valence-corrected chi connectivity index (χ3v) is 4.50. The van der Waals surface area contributed by atoms with E-state index in [1.54, 1.807) is 22.9 Å². The molecule has 132 valence electrons. The molecular formula is C19H16ClN3O3. The monoisotopic (exact) mass is 369 g/mol. The maximum Gasteiger partial charge on any atom is 0.257 e. The van der Waals surface area contributed by atoms with E-state index in [-0.39, 0.29) is 12.7 Å². The summed E-state index contributed by atoms with van der Waals surface area (Å²) in [5.74, 6) is 1.43. The zero-order valence-electron chi connectivity index (χ0n) is 14.0. The van der Waals surface area contributed by atoms with E-state index in [0.29, 0.717) is 34.4 Å². The fraction of sp³-hybridized carbons (Fsp3) is 0.158. The summed E-state index contributed by atoms with van der Waals surface area (Å²) in [6.07, 6.45) is 0. The maximum absolute atomic E-state index is 12.5. The number of carbonyl (C=O) groups is 1. The summed E-state index contributed by atoms with van der Waals surface area (Å²) < 4.78 is 12.4. The number of benzene rings is 2.